The van der Waals surface area contributed by atoms with E-state index in [2.05, 4.69) is 45.1 Å². The zero-order valence-corrected chi connectivity index (χ0v) is 8.43. The maximum atomic E-state index is 3.41. The van der Waals surface area contributed by atoms with E-state index in [4.69, 9.17) is 0 Å². The Morgan fingerprint density at radius 3 is 2.09 bits per heavy atom. The van der Waals surface area contributed by atoms with Crippen molar-refractivity contribution >= 4 is 21.6 Å². The molecule has 1 rings (SSSR count). The van der Waals surface area contributed by atoms with Gasteiger partial charge in [-0.3, -0.25) is 0 Å². The van der Waals surface area contributed by atoms with Crippen LogP contribution in [0, 0.1) is 0 Å². The van der Waals surface area contributed by atoms with Gasteiger partial charge in [-0.2, -0.15) is 0 Å². The third kappa shape index (κ3) is 2.22. The lowest BCUT2D eigenvalue weighted by atomic mass is 10.2. The van der Waals surface area contributed by atoms with E-state index in [1.807, 2.05) is 14.1 Å². The van der Waals surface area contributed by atoms with Crippen molar-refractivity contribution in [1.82, 2.24) is 0 Å². The first-order valence-electron chi connectivity index (χ1n) is 3.56. The lowest BCUT2D eigenvalue weighted by Gasteiger charge is -2.11. The second-order valence-corrected chi connectivity index (χ2v) is 3.26. The highest BCUT2D eigenvalue weighted by Gasteiger charge is 1.93. The predicted molar refractivity (Wildman–Crippen MR) is 53.4 cm³/mol. The van der Waals surface area contributed by atoms with E-state index < -0.39 is 0 Å². The Labute approximate surface area is 76.2 Å². The van der Waals surface area contributed by atoms with Gasteiger partial charge in [-0.15, -0.1) is 0 Å². The summed E-state index contributed by atoms with van der Waals surface area (Å²) in [6.45, 7) is 0. The van der Waals surface area contributed by atoms with Crippen molar-refractivity contribution in [2.75, 3.05) is 19.0 Å². The van der Waals surface area contributed by atoms with Gasteiger partial charge < -0.3 is 4.90 Å². The summed E-state index contributed by atoms with van der Waals surface area (Å²) in [7, 11) is 4.09. The number of hydrogen-bond donors (Lipinski definition) is 0. The molecule has 0 saturated carbocycles. The third-order valence-electron chi connectivity index (χ3n) is 1.61. The van der Waals surface area contributed by atoms with Crippen molar-refractivity contribution < 1.29 is 0 Å². The lowest BCUT2D eigenvalue weighted by Crippen LogP contribution is -2.07. The second kappa shape index (κ2) is 3.77. The molecule has 1 nitrogen and oxygen atoms in total. The Balaban J connectivity index is 2.83. The largest absolute Gasteiger partial charge is 0.378 e. The second-order valence-electron chi connectivity index (χ2n) is 2.69. The summed E-state index contributed by atoms with van der Waals surface area (Å²) in [6.07, 6.45) is 0. The van der Waals surface area contributed by atoms with Crippen molar-refractivity contribution in [1.29, 1.82) is 0 Å². The summed E-state index contributed by atoms with van der Waals surface area (Å²) in [5.41, 5.74) is 2.56. The summed E-state index contributed by atoms with van der Waals surface area (Å²) in [4.78, 5) is 2.10. The Morgan fingerprint density at radius 2 is 1.73 bits per heavy atom. The summed E-state index contributed by atoms with van der Waals surface area (Å²) in [5.74, 6) is 0. The molecule has 60 valence electrons. The van der Waals surface area contributed by atoms with E-state index in [9.17, 15) is 0 Å². The number of nitrogens with zero attached hydrogens (tertiary/aromatic N) is 1. The Morgan fingerprint density at radius 1 is 1.18 bits per heavy atom. The van der Waals surface area contributed by atoms with Crippen LogP contribution in [0.4, 0.5) is 5.69 Å². The molecule has 0 saturated heterocycles. The van der Waals surface area contributed by atoms with Crippen molar-refractivity contribution in [2.24, 2.45) is 0 Å². The van der Waals surface area contributed by atoms with Gasteiger partial charge in [-0.1, -0.05) is 28.1 Å². The number of hydrogen-bond acceptors (Lipinski definition) is 1. The van der Waals surface area contributed by atoms with Crippen LogP contribution < -0.4 is 4.90 Å². The van der Waals surface area contributed by atoms with Crippen LogP contribution in [0.3, 0.4) is 0 Å². The van der Waals surface area contributed by atoms with Crippen molar-refractivity contribution in [3.05, 3.63) is 29.8 Å². The van der Waals surface area contributed by atoms with Crippen molar-refractivity contribution in [3.63, 3.8) is 0 Å². The molecule has 0 unspecified atom stereocenters. The molecule has 0 aliphatic rings. The SMILES string of the molecule is CN(C)c1ccc(CBr)cc1. The Kier molecular flexibility index (Phi) is 2.94. The van der Waals surface area contributed by atoms with E-state index in [0.29, 0.717) is 0 Å². The molecule has 0 heterocycles. The van der Waals surface area contributed by atoms with Gasteiger partial charge in [0.25, 0.3) is 0 Å². The molecule has 1 aromatic rings. The zero-order valence-electron chi connectivity index (χ0n) is 6.84. The maximum absolute atomic E-state index is 3.41. The molecule has 0 amide bonds. The molecule has 1 aromatic carbocycles. The van der Waals surface area contributed by atoms with Crippen LogP contribution in [0.2, 0.25) is 0 Å². The minimum atomic E-state index is 0.931. The highest BCUT2D eigenvalue weighted by Crippen LogP contribution is 2.13. The van der Waals surface area contributed by atoms with Gasteiger partial charge in [0.05, 0.1) is 0 Å². The highest BCUT2D eigenvalue weighted by atomic mass is 79.9. The van der Waals surface area contributed by atoms with Gasteiger partial charge in [0, 0.05) is 25.1 Å². The molecule has 0 radical (unpaired) electrons. The van der Waals surface area contributed by atoms with Gasteiger partial charge in [0.2, 0.25) is 0 Å². The summed E-state index contributed by atoms with van der Waals surface area (Å²) < 4.78 is 0. The number of benzene rings is 1. The van der Waals surface area contributed by atoms with E-state index in [0.717, 1.165) is 5.33 Å². The first-order chi connectivity index (χ1) is 5.24. The van der Waals surface area contributed by atoms with Crippen LogP contribution in [0.15, 0.2) is 24.3 Å². The van der Waals surface area contributed by atoms with Crippen LogP contribution in [0.1, 0.15) is 5.56 Å². The molecule has 0 spiro atoms. The highest BCUT2D eigenvalue weighted by molar-refractivity contribution is 9.08. The van der Waals surface area contributed by atoms with Crippen LogP contribution in [-0.2, 0) is 5.33 Å². The van der Waals surface area contributed by atoms with E-state index in [-0.39, 0.29) is 0 Å². The molecular weight excluding hydrogens is 202 g/mol. The quantitative estimate of drug-likeness (QED) is 0.684. The van der Waals surface area contributed by atoms with Gasteiger partial charge in [-0.25, -0.2) is 0 Å². The molecule has 0 aliphatic carbocycles. The number of rotatable bonds is 2. The predicted octanol–water partition coefficient (Wildman–Crippen LogP) is 2.65. The fourth-order valence-electron chi connectivity index (χ4n) is 0.883. The minimum absolute atomic E-state index is 0.931. The normalized spacial score (nSPS) is 9.73. The van der Waals surface area contributed by atoms with Crippen molar-refractivity contribution in [2.45, 2.75) is 5.33 Å². The van der Waals surface area contributed by atoms with Crippen LogP contribution >= 0.6 is 15.9 Å². The smallest absolute Gasteiger partial charge is 0.0361 e. The number of halogens is 1. The van der Waals surface area contributed by atoms with Gasteiger partial charge in [0.15, 0.2) is 0 Å². The van der Waals surface area contributed by atoms with E-state index in [1.54, 1.807) is 0 Å². The number of alkyl halides is 1. The monoisotopic (exact) mass is 213 g/mol. The van der Waals surface area contributed by atoms with Crippen LogP contribution in [0.25, 0.3) is 0 Å². The Bertz CT molecular complexity index is 216. The fraction of sp³-hybridized carbons (Fsp3) is 0.333. The summed E-state index contributed by atoms with van der Waals surface area (Å²) in [5, 5.41) is 0.931. The molecule has 0 fully saturated rings. The number of anilines is 1. The van der Waals surface area contributed by atoms with Gasteiger partial charge in [0.1, 0.15) is 0 Å². The lowest BCUT2D eigenvalue weighted by molar-refractivity contribution is 1.13. The van der Waals surface area contributed by atoms with Crippen LogP contribution in [0.5, 0.6) is 0 Å². The zero-order chi connectivity index (χ0) is 8.27. The van der Waals surface area contributed by atoms with Crippen LogP contribution in [-0.4, -0.2) is 14.1 Å². The molecule has 11 heavy (non-hydrogen) atoms. The van der Waals surface area contributed by atoms with E-state index >= 15 is 0 Å². The van der Waals surface area contributed by atoms with Gasteiger partial charge in [-0.05, 0) is 17.7 Å². The average Bonchev–Trinajstić information content (AvgIpc) is 2.05. The molecule has 0 N–H and O–H groups in total. The van der Waals surface area contributed by atoms with Gasteiger partial charge >= 0.3 is 0 Å². The van der Waals surface area contributed by atoms with Crippen molar-refractivity contribution in [3.8, 4) is 0 Å². The molecular formula is C9H12BrN. The minimum Gasteiger partial charge on any atom is -0.378 e. The standard InChI is InChI=1S/C9H12BrN/c1-11(2)9-5-3-8(7-10)4-6-9/h3-6H,7H2,1-2H3. The third-order valence-corrected chi connectivity index (χ3v) is 2.25. The molecule has 0 atom stereocenters. The van der Waals surface area contributed by atoms with E-state index in [1.165, 1.54) is 11.3 Å². The first kappa shape index (κ1) is 8.60. The molecule has 0 bridgehead atoms. The Hall–Kier alpha value is -0.500. The molecule has 0 aliphatic heterocycles. The molecule has 0 aromatic heterocycles. The molecule has 2 heteroatoms. The maximum Gasteiger partial charge on any atom is 0.0361 e. The topological polar surface area (TPSA) is 3.24 Å². The summed E-state index contributed by atoms with van der Waals surface area (Å²) in [6, 6.07) is 8.50. The fourth-order valence-corrected chi connectivity index (χ4v) is 1.26. The average molecular weight is 214 g/mol. The first-order valence-corrected chi connectivity index (χ1v) is 4.68. The summed E-state index contributed by atoms with van der Waals surface area (Å²) >= 11 is 3.41.